The van der Waals surface area contributed by atoms with E-state index in [1.165, 1.54) is 0 Å². The third-order valence-corrected chi connectivity index (χ3v) is 1.91. The van der Waals surface area contributed by atoms with Crippen LogP contribution in [0.1, 0.15) is 0 Å². The Morgan fingerprint density at radius 1 is 1.06 bits per heavy atom. The van der Waals surface area contributed by atoms with E-state index in [0.717, 1.165) is 6.26 Å². The molecule has 7 N–H and O–H groups in total. The topological polar surface area (TPSA) is 202 Å². The molecule has 0 atom stereocenters. The van der Waals surface area contributed by atoms with Gasteiger partial charge >= 0.3 is 23.9 Å². The van der Waals surface area contributed by atoms with Crippen molar-refractivity contribution in [1.82, 2.24) is 0 Å². The number of phosphoric acid groups is 2. The summed E-state index contributed by atoms with van der Waals surface area (Å²) in [5.41, 5.74) is 0. The lowest BCUT2D eigenvalue weighted by Gasteiger charge is -2.03. The van der Waals surface area contributed by atoms with Gasteiger partial charge in [-0.3, -0.25) is 4.57 Å². The van der Waals surface area contributed by atoms with Crippen molar-refractivity contribution in [2.45, 2.75) is 0 Å². The Labute approximate surface area is 90.1 Å². The molecule has 0 aromatic heterocycles. The molecule has 0 saturated carbocycles. The molecule has 0 fully saturated rings. The maximum Gasteiger partial charge on any atom is 0.478 e. The van der Waals surface area contributed by atoms with Crippen LogP contribution in [0.4, 0.5) is 0 Å². The molecule has 14 heteroatoms. The molecule has 0 aliphatic carbocycles. The highest BCUT2D eigenvalue weighted by atomic mass is 31.3. The molecule has 100 valence electrons. The summed E-state index contributed by atoms with van der Waals surface area (Å²) in [6, 6.07) is 0. The van der Waals surface area contributed by atoms with Crippen LogP contribution in [0.2, 0.25) is 0 Å². The third kappa shape index (κ3) is 66.1. The van der Waals surface area contributed by atoms with Gasteiger partial charge in [0.05, 0.1) is 6.26 Å². The normalized spacial score (nSPS) is 10.7. The number of aliphatic hydroxyl groups excluding tert-OH is 1. The minimum atomic E-state index is -5.05. The highest BCUT2D eigenvalue weighted by Crippen LogP contribution is 2.53. The molecule has 16 heavy (non-hydrogen) atoms. The second-order valence-corrected chi connectivity index (χ2v) is 4.71. The molecule has 0 unspecified atom stereocenters. The van der Waals surface area contributed by atoms with Crippen LogP contribution in [0.5, 0.6) is 0 Å². The smallest absolute Gasteiger partial charge is 0.478 e. The first-order chi connectivity index (χ1) is 6.85. The van der Waals surface area contributed by atoms with Gasteiger partial charge in [0.15, 0.2) is 0 Å². The first-order valence-electron chi connectivity index (χ1n) is 2.85. The average Bonchev–Trinajstić information content (AvgIpc) is 1.75. The number of aliphatic hydroxyl groups is 1. The van der Waals surface area contributed by atoms with E-state index in [2.05, 4.69) is 10.9 Å². The van der Waals surface area contributed by atoms with Gasteiger partial charge in [0.1, 0.15) is 0 Å². The maximum absolute atomic E-state index is 9.63. The molecular weight excluding hydrogens is 293 g/mol. The molecule has 0 spiro atoms. The minimum Gasteiger partial charge on any atom is -0.516 e. The van der Waals surface area contributed by atoms with Gasteiger partial charge in [0.25, 0.3) is 0 Å². The SMILES string of the molecule is C=CO.O=P(O)(O)OP(=O)(O)O.O=[PH](O)O. The average molecular weight is 304 g/mol. The van der Waals surface area contributed by atoms with Crippen molar-refractivity contribution in [2.75, 3.05) is 0 Å². The lowest BCUT2D eigenvalue weighted by molar-refractivity contribution is 0.225. The standard InChI is InChI=1S/C2H4O.H4O7P2.H3O3P/c1-2-3;1-8(2,3)7-9(4,5)6;1-4(2)3/h2-3H,1H2;(H2,1,2,3)(H2,4,5,6);4H,(H2,1,2,3). The van der Waals surface area contributed by atoms with Gasteiger partial charge in [0.2, 0.25) is 0 Å². The molecule has 0 radical (unpaired) electrons. The zero-order chi connectivity index (χ0) is 14.0. The first-order valence-corrected chi connectivity index (χ1v) is 7.21. The molecule has 11 nitrogen and oxygen atoms in total. The molecule has 0 aliphatic heterocycles. The van der Waals surface area contributed by atoms with Gasteiger partial charge in [-0.05, 0) is 0 Å². The number of hydrogen-bond acceptors (Lipinski definition) is 5. The number of rotatable bonds is 2. The van der Waals surface area contributed by atoms with E-state index in [-0.39, 0.29) is 0 Å². The highest BCUT2D eigenvalue weighted by Gasteiger charge is 2.27. The van der Waals surface area contributed by atoms with Crippen LogP contribution < -0.4 is 0 Å². The summed E-state index contributed by atoms with van der Waals surface area (Å²) in [6.07, 6.45) is 0.750. The van der Waals surface area contributed by atoms with Gasteiger partial charge in [-0.15, -0.1) is 0 Å². The molecule has 0 heterocycles. The highest BCUT2D eigenvalue weighted by molar-refractivity contribution is 7.60. The van der Waals surface area contributed by atoms with E-state index in [1.807, 2.05) is 0 Å². The van der Waals surface area contributed by atoms with Crippen LogP contribution in [0.15, 0.2) is 12.8 Å². The van der Waals surface area contributed by atoms with Crippen LogP contribution in [0.25, 0.3) is 0 Å². The van der Waals surface area contributed by atoms with E-state index < -0.39 is 23.9 Å². The Morgan fingerprint density at radius 2 is 1.19 bits per heavy atom. The quantitative estimate of drug-likeness (QED) is 0.249. The summed E-state index contributed by atoms with van der Waals surface area (Å²) in [5.74, 6) is 0. The molecule has 0 saturated heterocycles. The summed E-state index contributed by atoms with van der Waals surface area (Å²) in [5, 5.41) is 7.33. The Hall–Kier alpha value is -0.0500. The molecule has 0 aliphatic rings. The Morgan fingerprint density at radius 3 is 1.19 bits per heavy atom. The zero-order valence-corrected chi connectivity index (χ0v) is 10.2. The van der Waals surface area contributed by atoms with Crippen LogP contribution in [0, 0.1) is 0 Å². The fourth-order valence-electron chi connectivity index (χ4n) is 0.139. The molecule has 0 aromatic rings. The largest absolute Gasteiger partial charge is 0.516 e. The second-order valence-electron chi connectivity index (χ2n) is 1.53. The Bertz CT molecular complexity index is 260. The summed E-state index contributed by atoms with van der Waals surface area (Å²) < 4.78 is 31.0. The predicted molar refractivity (Wildman–Crippen MR) is 51.4 cm³/mol. The lowest BCUT2D eigenvalue weighted by atomic mass is 11.2. The van der Waals surface area contributed by atoms with Crippen molar-refractivity contribution in [3.8, 4) is 0 Å². The molecule has 0 bridgehead atoms. The number of hydrogen-bond donors (Lipinski definition) is 7. The Kier molecular flexibility index (Phi) is 13.5. The van der Waals surface area contributed by atoms with E-state index >= 15 is 0 Å². The first kappa shape index (κ1) is 21.3. The molecular formula is C2H11O11P3. The van der Waals surface area contributed by atoms with Crippen LogP contribution in [-0.4, -0.2) is 34.5 Å². The van der Waals surface area contributed by atoms with Crippen molar-refractivity contribution in [3.05, 3.63) is 12.8 Å². The maximum atomic E-state index is 9.63. The summed E-state index contributed by atoms with van der Waals surface area (Å²) in [4.78, 5) is 45.3. The van der Waals surface area contributed by atoms with Gasteiger partial charge in [-0.2, -0.15) is 4.31 Å². The van der Waals surface area contributed by atoms with Crippen LogP contribution in [0.3, 0.4) is 0 Å². The van der Waals surface area contributed by atoms with Crippen LogP contribution in [-0.2, 0) is 18.0 Å². The molecule has 0 amide bonds. The van der Waals surface area contributed by atoms with E-state index in [4.69, 9.17) is 39.0 Å². The van der Waals surface area contributed by atoms with Gasteiger partial charge in [-0.25, -0.2) is 9.13 Å². The third-order valence-electron chi connectivity index (χ3n) is 0.213. The van der Waals surface area contributed by atoms with E-state index in [0.29, 0.717) is 0 Å². The fourth-order valence-corrected chi connectivity index (χ4v) is 1.25. The monoisotopic (exact) mass is 304 g/mol. The van der Waals surface area contributed by atoms with Crippen molar-refractivity contribution in [1.29, 1.82) is 0 Å². The van der Waals surface area contributed by atoms with E-state index in [1.54, 1.807) is 0 Å². The van der Waals surface area contributed by atoms with E-state index in [9.17, 15) is 9.13 Å². The van der Waals surface area contributed by atoms with Crippen LogP contribution >= 0.6 is 23.9 Å². The zero-order valence-electron chi connectivity index (χ0n) is 7.44. The molecule has 0 rings (SSSR count). The Balaban J connectivity index is -0.000000201. The van der Waals surface area contributed by atoms with Crippen molar-refractivity contribution >= 4 is 23.9 Å². The summed E-state index contributed by atoms with van der Waals surface area (Å²) in [7, 11) is -13.2. The fraction of sp³-hybridized carbons (Fsp3) is 0. The van der Waals surface area contributed by atoms with Gasteiger partial charge in [0, 0.05) is 0 Å². The molecule has 0 aromatic carbocycles. The lowest BCUT2D eigenvalue weighted by Crippen LogP contribution is -1.84. The van der Waals surface area contributed by atoms with Crippen molar-refractivity contribution in [3.63, 3.8) is 0 Å². The van der Waals surface area contributed by atoms with Gasteiger partial charge in [-0.1, -0.05) is 6.58 Å². The summed E-state index contributed by atoms with van der Waals surface area (Å²) >= 11 is 0. The van der Waals surface area contributed by atoms with Gasteiger partial charge < -0.3 is 34.5 Å². The minimum absolute atomic E-state index is 0.750. The summed E-state index contributed by atoms with van der Waals surface area (Å²) in [6.45, 7) is 2.92. The van der Waals surface area contributed by atoms with Crippen molar-refractivity contribution in [2.24, 2.45) is 0 Å². The second kappa shape index (κ2) is 10.1. The van der Waals surface area contributed by atoms with Crippen molar-refractivity contribution < 1.29 is 52.5 Å². The predicted octanol–water partition coefficient (Wildman–Crippen LogP) is -0.763.